The van der Waals surface area contributed by atoms with Gasteiger partial charge >= 0.3 is 18.2 Å². The van der Waals surface area contributed by atoms with E-state index in [4.69, 9.17) is 29.8 Å². The Morgan fingerprint density at radius 2 is 1.88 bits per heavy atom. The quantitative estimate of drug-likeness (QED) is 0.632. The molecule has 2 aromatic rings. The number of nitrogens with zero attached hydrogens (tertiary/aromatic N) is 3. The van der Waals surface area contributed by atoms with Gasteiger partial charge in [0.2, 0.25) is 0 Å². The van der Waals surface area contributed by atoms with Gasteiger partial charge in [-0.2, -0.15) is 28.1 Å². The number of carboxylic acid groups (broad SMARTS) is 1. The summed E-state index contributed by atoms with van der Waals surface area (Å²) in [7, 11) is 1.50. The number of ether oxygens (including phenoxy) is 3. The third-order valence-corrected chi connectivity index (χ3v) is 2.53. The van der Waals surface area contributed by atoms with Crippen LogP contribution in [0.25, 0.3) is 11.2 Å². The Labute approximate surface area is 145 Å². The number of hydrogen-bond donors (Lipinski definition) is 3. The number of imidazole rings is 1. The average molecular weight is 381 g/mol. The van der Waals surface area contributed by atoms with Gasteiger partial charge in [-0.3, -0.25) is 4.98 Å². The zero-order valence-electron chi connectivity index (χ0n) is 14.1. The molecule has 26 heavy (non-hydrogen) atoms. The van der Waals surface area contributed by atoms with Gasteiger partial charge in [-0.15, -0.1) is 0 Å². The van der Waals surface area contributed by atoms with Gasteiger partial charge in [0.25, 0.3) is 6.01 Å². The van der Waals surface area contributed by atoms with Crippen LogP contribution in [0.15, 0.2) is 0 Å². The van der Waals surface area contributed by atoms with Crippen LogP contribution >= 0.6 is 0 Å². The van der Waals surface area contributed by atoms with E-state index in [1.807, 2.05) is 13.8 Å². The van der Waals surface area contributed by atoms with Crippen molar-refractivity contribution in [2.24, 2.45) is 0 Å². The lowest BCUT2D eigenvalue weighted by atomic mass is 10.5. The molecule has 0 bridgehead atoms. The number of nitrogen functional groups attached to an aromatic ring is 1. The number of rotatable bonds is 6. The highest BCUT2D eigenvalue weighted by molar-refractivity contribution is 5.82. The van der Waals surface area contributed by atoms with Crippen molar-refractivity contribution in [1.29, 1.82) is 0 Å². The van der Waals surface area contributed by atoms with Gasteiger partial charge < -0.3 is 25.1 Å². The smallest absolute Gasteiger partial charge is 0.475 e. The maximum atomic E-state index is 10.6. The molecular formula is C13H18F3N5O5. The summed E-state index contributed by atoms with van der Waals surface area (Å²) in [6.07, 6.45) is -4.92. The lowest BCUT2D eigenvalue weighted by Crippen LogP contribution is -2.21. The molecule has 0 amide bonds. The standard InChI is InChI=1S/C11H17N5O3.C2HF3O2/c1-6(2)18-4-5-19-11-14-8(12)7-9(16-11)15-10(13-7)17-3;3-2(4,5)1(6)7/h6H,4-5H2,1-3H3,(H3,12,13,14,15,16);(H,6,7). The Morgan fingerprint density at radius 1 is 1.27 bits per heavy atom. The first-order valence-electron chi connectivity index (χ1n) is 7.16. The van der Waals surface area contributed by atoms with Gasteiger partial charge in [0.15, 0.2) is 17.0 Å². The van der Waals surface area contributed by atoms with E-state index >= 15 is 0 Å². The van der Waals surface area contributed by atoms with E-state index in [2.05, 4.69) is 19.9 Å². The van der Waals surface area contributed by atoms with Crippen molar-refractivity contribution < 1.29 is 37.3 Å². The number of aromatic nitrogens is 4. The molecule has 0 saturated heterocycles. The fraction of sp³-hybridized carbons (Fsp3) is 0.538. The lowest BCUT2D eigenvalue weighted by Gasteiger charge is -2.08. The molecule has 0 saturated carbocycles. The molecule has 0 aliphatic rings. The molecule has 4 N–H and O–H groups in total. The van der Waals surface area contributed by atoms with E-state index in [1.54, 1.807) is 0 Å². The van der Waals surface area contributed by atoms with E-state index in [9.17, 15) is 13.2 Å². The molecule has 0 atom stereocenters. The minimum atomic E-state index is -5.08. The first-order chi connectivity index (χ1) is 12.0. The molecular weight excluding hydrogens is 363 g/mol. The van der Waals surface area contributed by atoms with Crippen molar-refractivity contribution in [3.63, 3.8) is 0 Å². The van der Waals surface area contributed by atoms with E-state index < -0.39 is 12.1 Å². The summed E-state index contributed by atoms with van der Waals surface area (Å²) in [5, 5.41) is 7.12. The number of H-pyrrole nitrogens is 1. The number of carbonyl (C=O) groups is 1. The van der Waals surface area contributed by atoms with Crippen LogP contribution in [0.1, 0.15) is 13.8 Å². The van der Waals surface area contributed by atoms with Crippen molar-refractivity contribution >= 4 is 23.0 Å². The van der Waals surface area contributed by atoms with Gasteiger partial charge in [0, 0.05) is 0 Å². The maximum Gasteiger partial charge on any atom is 0.490 e. The number of nitrogens with one attached hydrogen (secondary N) is 1. The van der Waals surface area contributed by atoms with Gasteiger partial charge in [0.1, 0.15) is 6.61 Å². The average Bonchev–Trinajstić information content (AvgIpc) is 2.95. The molecule has 0 unspecified atom stereocenters. The Bertz CT molecular complexity index is 735. The zero-order chi connectivity index (χ0) is 19.9. The van der Waals surface area contributed by atoms with Gasteiger partial charge in [-0.1, -0.05) is 0 Å². The van der Waals surface area contributed by atoms with E-state index in [0.717, 1.165) is 0 Å². The third kappa shape index (κ3) is 6.58. The summed E-state index contributed by atoms with van der Waals surface area (Å²) >= 11 is 0. The SMILES string of the molecule is COc1nc2c(N)nc(OCCOC(C)C)nc2[nH]1.O=C(O)C(F)(F)F. The number of aromatic amines is 1. The maximum absolute atomic E-state index is 10.6. The molecule has 0 radical (unpaired) electrons. The largest absolute Gasteiger partial charge is 0.490 e. The highest BCUT2D eigenvalue weighted by Gasteiger charge is 2.38. The fourth-order valence-corrected chi connectivity index (χ4v) is 1.46. The van der Waals surface area contributed by atoms with Gasteiger partial charge in [-0.25, -0.2) is 4.79 Å². The van der Waals surface area contributed by atoms with Crippen LogP contribution in [0.4, 0.5) is 19.0 Å². The van der Waals surface area contributed by atoms with E-state index in [-0.39, 0.29) is 17.9 Å². The van der Waals surface area contributed by atoms with Gasteiger partial charge in [0.05, 0.1) is 19.8 Å². The van der Waals surface area contributed by atoms with E-state index in [1.165, 1.54) is 7.11 Å². The second-order valence-electron chi connectivity index (χ2n) is 4.91. The molecule has 10 nitrogen and oxygen atoms in total. The molecule has 13 heteroatoms. The number of anilines is 1. The highest BCUT2D eigenvalue weighted by Crippen LogP contribution is 2.20. The predicted octanol–water partition coefficient (Wildman–Crippen LogP) is 1.38. The van der Waals surface area contributed by atoms with E-state index in [0.29, 0.717) is 30.4 Å². The summed E-state index contributed by atoms with van der Waals surface area (Å²) < 4.78 is 47.4. The Balaban J connectivity index is 0.000000412. The number of fused-ring (bicyclic) bond motifs is 1. The number of hydrogen-bond acceptors (Lipinski definition) is 8. The van der Waals surface area contributed by atoms with Crippen molar-refractivity contribution in [1.82, 2.24) is 19.9 Å². The molecule has 146 valence electrons. The number of aliphatic carboxylic acids is 1. The Kier molecular flexibility index (Phi) is 7.37. The number of methoxy groups -OCH3 is 1. The molecule has 0 aromatic carbocycles. The van der Waals surface area contributed by atoms with Crippen LogP contribution in [-0.2, 0) is 9.53 Å². The number of nitrogens with two attached hydrogens (primary N) is 1. The normalized spacial score (nSPS) is 11.2. The summed E-state index contributed by atoms with van der Waals surface area (Å²) in [5.41, 5.74) is 6.71. The predicted molar refractivity (Wildman–Crippen MR) is 82.9 cm³/mol. The summed E-state index contributed by atoms with van der Waals surface area (Å²) in [6.45, 7) is 4.73. The van der Waals surface area contributed by atoms with Crippen molar-refractivity contribution in [3.05, 3.63) is 0 Å². The van der Waals surface area contributed by atoms with Crippen LogP contribution in [0.3, 0.4) is 0 Å². The van der Waals surface area contributed by atoms with Gasteiger partial charge in [-0.05, 0) is 13.8 Å². The number of alkyl halides is 3. The monoisotopic (exact) mass is 381 g/mol. The van der Waals surface area contributed by atoms with Crippen LogP contribution < -0.4 is 15.2 Å². The van der Waals surface area contributed by atoms with Crippen molar-refractivity contribution in [2.75, 3.05) is 26.1 Å². The fourth-order valence-electron chi connectivity index (χ4n) is 1.46. The lowest BCUT2D eigenvalue weighted by molar-refractivity contribution is -0.192. The van der Waals surface area contributed by atoms with Crippen LogP contribution in [0.5, 0.6) is 12.0 Å². The molecule has 2 rings (SSSR count). The van der Waals surface area contributed by atoms with Crippen molar-refractivity contribution in [3.8, 4) is 12.0 Å². The topological polar surface area (TPSA) is 145 Å². The zero-order valence-corrected chi connectivity index (χ0v) is 14.1. The molecule has 2 aromatic heterocycles. The van der Waals surface area contributed by atoms with Crippen LogP contribution in [-0.4, -0.2) is 63.6 Å². The Morgan fingerprint density at radius 3 is 2.38 bits per heavy atom. The van der Waals surface area contributed by atoms with Crippen LogP contribution in [0.2, 0.25) is 0 Å². The number of halogens is 3. The molecule has 0 spiro atoms. The molecule has 2 heterocycles. The number of carboxylic acids is 1. The molecule has 0 aliphatic heterocycles. The Hall–Kier alpha value is -2.83. The second-order valence-corrected chi connectivity index (χ2v) is 4.91. The van der Waals surface area contributed by atoms with Crippen molar-refractivity contribution in [2.45, 2.75) is 26.1 Å². The first-order valence-corrected chi connectivity index (χ1v) is 7.16. The summed E-state index contributed by atoms with van der Waals surface area (Å²) in [5.74, 6) is -2.52. The molecule has 0 aliphatic carbocycles. The summed E-state index contributed by atoms with van der Waals surface area (Å²) in [6, 6.07) is 0.514. The minimum Gasteiger partial charge on any atom is -0.475 e. The third-order valence-electron chi connectivity index (χ3n) is 2.53. The first kappa shape index (κ1) is 21.2. The minimum absolute atomic E-state index is 0.161. The summed E-state index contributed by atoms with van der Waals surface area (Å²) in [4.78, 5) is 24.0. The second kappa shape index (κ2) is 9.03. The molecule has 0 fully saturated rings. The van der Waals surface area contributed by atoms with Crippen LogP contribution in [0, 0.1) is 0 Å². The highest BCUT2D eigenvalue weighted by atomic mass is 19.4.